The number of hydrogen-bond donors (Lipinski definition) is 2. The molecule has 0 bridgehead atoms. The molecule has 10 heteroatoms. The molecule has 0 unspecified atom stereocenters. The predicted molar refractivity (Wildman–Crippen MR) is 291 cm³/mol. The number of ether oxygens (including phenoxy) is 6. The van der Waals surface area contributed by atoms with Gasteiger partial charge in [-0.25, -0.2) is 0 Å². The van der Waals surface area contributed by atoms with Crippen molar-refractivity contribution in [3.8, 4) is 34.5 Å². The third kappa shape index (κ3) is 21.9. The van der Waals surface area contributed by atoms with Gasteiger partial charge < -0.3 is 38.2 Å². The van der Waals surface area contributed by atoms with Gasteiger partial charge >= 0.3 is 7.60 Å². The molecule has 4 aromatic rings. The molecule has 0 heterocycles. The van der Waals surface area contributed by atoms with Gasteiger partial charge in [0.25, 0.3) is 0 Å². The molecule has 4 rings (SSSR count). The van der Waals surface area contributed by atoms with Crippen molar-refractivity contribution in [1.82, 2.24) is 0 Å². The summed E-state index contributed by atoms with van der Waals surface area (Å²) in [5.41, 5.74) is 0. The van der Waals surface area contributed by atoms with Crippen molar-refractivity contribution < 1.29 is 42.8 Å². The third-order valence-electron chi connectivity index (χ3n) is 13.3. The average molecular weight is 979 g/mol. The molecule has 0 saturated carbocycles. The molecule has 0 aliphatic rings. The number of rotatable bonds is 43. The molecule has 0 amide bonds. The van der Waals surface area contributed by atoms with Crippen LogP contribution in [0.3, 0.4) is 0 Å². The summed E-state index contributed by atoms with van der Waals surface area (Å²) in [6.07, 6.45) is 31.6. The highest BCUT2D eigenvalue weighted by Crippen LogP contribution is 2.47. The van der Waals surface area contributed by atoms with Crippen LogP contribution in [0, 0.1) is 0 Å². The molecule has 0 spiro atoms. The number of benzene rings is 4. The highest BCUT2D eigenvalue weighted by atomic mass is 31.2. The van der Waals surface area contributed by atoms with E-state index in [2.05, 4.69) is 71.0 Å². The normalized spacial score (nSPS) is 11.8. The van der Waals surface area contributed by atoms with E-state index >= 15 is 0 Å². The van der Waals surface area contributed by atoms with Gasteiger partial charge in [-0.2, -0.15) is 0 Å². The molecule has 0 aliphatic heterocycles. The average Bonchev–Trinajstić information content (AvgIpc) is 3.33. The van der Waals surface area contributed by atoms with Gasteiger partial charge in [0, 0.05) is 6.16 Å². The van der Waals surface area contributed by atoms with E-state index in [1.165, 1.54) is 64.2 Å². The van der Waals surface area contributed by atoms with E-state index < -0.39 is 7.60 Å². The van der Waals surface area contributed by atoms with Gasteiger partial charge in [-0.1, -0.05) is 176 Å². The first kappa shape index (κ1) is 58.2. The Morgan fingerprint density at radius 2 is 0.464 bits per heavy atom. The standard InChI is InChI=1S/C59H95O9P/c1-6-11-16-28-35-63-54-42-48-49-43-55(64-36-29-17-12-7-2)57(66-38-31-19-14-9-4)45-51(49)53-47-59(68-40-33-26-24-22-21-23-25-27-34-41-69(60,61)62)58(67-39-32-20-15-10-5)46-52(53)50(48)44-56(54)65-37-30-18-13-8-3/h42-47H,6-41H2,1-5H3,(H2,60,61,62). The van der Waals surface area contributed by atoms with E-state index in [9.17, 15) is 4.57 Å². The van der Waals surface area contributed by atoms with Crippen molar-refractivity contribution in [2.24, 2.45) is 0 Å². The summed E-state index contributed by atoms with van der Waals surface area (Å²) in [5, 5.41) is 6.52. The van der Waals surface area contributed by atoms with Crippen LogP contribution >= 0.6 is 7.60 Å². The maximum absolute atomic E-state index is 11.2. The molecule has 0 atom stereocenters. The molecule has 4 aromatic carbocycles. The zero-order chi connectivity index (χ0) is 49.4. The SMILES string of the molecule is CCCCCCOc1cc2c3cc(OCCCCCC)c(OCCCCCC)cc3c3cc(OCCCCCCCCCCCP(=O)(O)O)c(OCCCCCC)cc3c2cc1OCCCCCC. The fourth-order valence-corrected chi connectivity index (χ4v) is 9.72. The zero-order valence-corrected chi connectivity index (χ0v) is 45.0. The van der Waals surface area contributed by atoms with Gasteiger partial charge in [0.15, 0.2) is 34.5 Å². The Morgan fingerprint density at radius 1 is 0.290 bits per heavy atom. The molecule has 9 nitrogen and oxygen atoms in total. The van der Waals surface area contributed by atoms with Crippen molar-refractivity contribution in [3.05, 3.63) is 36.4 Å². The first-order chi connectivity index (χ1) is 33.7. The summed E-state index contributed by atoms with van der Waals surface area (Å²) in [7, 11) is -3.88. The molecule has 69 heavy (non-hydrogen) atoms. The van der Waals surface area contributed by atoms with E-state index in [4.69, 9.17) is 38.2 Å². The molecule has 0 aromatic heterocycles. The van der Waals surface area contributed by atoms with E-state index in [0.29, 0.717) is 46.1 Å². The monoisotopic (exact) mass is 979 g/mol. The molecular formula is C59H95O9P. The first-order valence-corrected chi connectivity index (χ1v) is 29.9. The molecule has 390 valence electrons. The molecule has 0 saturated heterocycles. The van der Waals surface area contributed by atoms with Crippen molar-refractivity contribution in [2.75, 3.05) is 45.8 Å². The lowest BCUT2D eigenvalue weighted by molar-refractivity contribution is 0.259. The van der Waals surface area contributed by atoms with Crippen LogP contribution in [-0.2, 0) is 4.57 Å². The van der Waals surface area contributed by atoms with Gasteiger partial charge in [-0.15, -0.1) is 0 Å². The van der Waals surface area contributed by atoms with Crippen molar-refractivity contribution in [2.45, 2.75) is 221 Å². The summed E-state index contributed by atoms with van der Waals surface area (Å²) in [4.78, 5) is 18.3. The minimum Gasteiger partial charge on any atom is -0.490 e. The van der Waals surface area contributed by atoms with Crippen LogP contribution in [0.5, 0.6) is 34.5 Å². The predicted octanol–water partition coefficient (Wildman–Crippen LogP) is 18.0. The van der Waals surface area contributed by atoms with E-state index in [-0.39, 0.29) is 6.16 Å². The van der Waals surface area contributed by atoms with Gasteiger partial charge in [0.1, 0.15) is 0 Å². The molecule has 0 radical (unpaired) electrons. The Kier molecular flexibility index (Phi) is 29.4. The van der Waals surface area contributed by atoms with Crippen LogP contribution in [0.2, 0.25) is 0 Å². The second kappa shape index (κ2) is 34.9. The third-order valence-corrected chi connectivity index (χ3v) is 14.1. The minimum atomic E-state index is -3.88. The minimum absolute atomic E-state index is 0.00283. The lowest BCUT2D eigenvalue weighted by atomic mass is 9.93. The fraction of sp³-hybridized carbons (Fsp3) is 0.695. The van der Waals surface area contributed by atoms with Crippen LogP contribution in [0.1, 0.15) is 221 Å². The van der Waals surface area contributed by atoms with Gasteiger partial charge in [-0.3, -0.25) is 4.57 Å². The first-order valence-electron chi connectivity index (χ1n) is 28.1. The summed E-state index contributed by atoms with van der Waals surface area (Å²) in [6.45, 7) is 15.0. The van der Waals surface area contributed by atoms with Crippen LogP contribution in [0.4, 0.5) is 0 Å². The summed E-state index contributed by atoms with van der Waals surface area (Å²) in [5.74, 6) is 4.70. The number of unbranched alkanes of at least 4 members (excludes halogenated alkanes) is 23. The largest absolute Gasteiger partial charge is 0.490 e. The Labute approximate surface area is 418 Å². The highest BCUT2D eigenvalue weighted by Gasteiger charge is 2.21. The van der Waals surface area contributed by atoms with Crippen LogP contribution < -0.4 is 28.4 Å². The fourth-order valence-electron chi connectivity index (χ4n) is 9.09. The number of fused-ring (bicyclic) bond motifs is 6. The lowest BCUT2D eigenvalue weighted by Crippen LogP contribution is -2.05. The van der Waals surface area contributed by atoms with Crippen LogP contribution in [-0.4, -0.2) is 55.6 Å². The Morgan fingerprint density at radius 3 is 0.652 bits per heavy atom. The van der Waals surface area contributed by atoms with Gasteiger partial charge in [0.2, 0.25) is 0 Å². The van der Waals surface area contributed by atoms with Gasteiger partial charge in [0.05, 0.1) is 39.6 Å². The van der Waals surface area contributed by atoms with Crippen molar-refractivity contribution in [3.63, 3.8) is 0 Å². The maximum atomic E-state index is 11.2. The second-order valence-electron chi connectivity index (χ2n) is 19.5. The Bertz CT molecular complexity index is 1990. The van der Waals surface area contributed by atoms with E-state index in [1.54, 1.807) is 0 Å². The molecular weight excluding hydrogens is 884 g/mol. The lowest BCUT2D eigenvalue weighted by Gasteiger charge is -2.21. The van der Waals surface area contributed by atoms with E-state index in [1.807, 2.05) is 0 Å². The summed E-state index contributed by atoms with van der Waals surface area (Å²) in [6, 6.07) is 13.3. The number of hydrogen-bond acceptors (Lipinski definition) is 7. The highest BCUT2D eigenvalue weighted by molar-refractivity contribution is 7.51. The van der Waals surface area contributed by atoms with Crippen molar-refractivity contribution in [1.29, 1.82) is 0 Å². The molecule has 0 fully saturated rings. The van der Waals surface area contributed by atoms with E-state index in [0.717, 1.165) is 182 Å². The van der Waals surface area contributed by atoms with Gasteiger partial charge in [-0.05, 0) is 114 Å². The zero-order valence-electron chi connectivity index (χ0n) is 44.1. The Hall–Kier alpha value is -3.39. The Balaban J connectivity index is 1.79. The summed E-state index contributed by atoms with van der Waals surface area (Å²) >= 11 is 0. The summed E-state index contributed by atoms with van der Waals surface area (Å²) < 4.78 is 51.3. The topological polar surface area (TPSA) is 113 Å². The van der Waals surface area contributed by atoms with Crippen LogP contribution in [0.15, 0.2) is 36.4 Å². The smallest absolute Gasteiger partial charge is 0.325 e. The van der Waals surface area contributed by atoms with Crippen LogP contribution in [0.25, 0.3) is 32.3 Å². The molecule has 0 aliphatic carbocycles. The maximum Gasteiger partial charge on any atom is 0.325 e. The second-order valence-corrected chi connectivity index (χ2v) is 21.3. The molecule has 2 N–H and O–H groups in total. The van der Waals surface area contributed by atoms with Crippen molar-refractivity contribution >= 4 is 39.9 Å². The quantitative estimate of drug-likeness (QED) is 0.0254.